The molecule has 0 unspecified atom stereocenters. The van der Waals surface area contributed by atoms with Gasteiger partial charge in [0.05, 0.1) is 5.60 Å². The molecule has 1 rings (SSSR count). The fourth-order valence-corrected chi connectivity index (χ4v) is 1.93. The first kappa shape index (κ1) is 12.4. The lowest BCUT2D eigenvalue weighted by Gasteiger charge is -2.24. The largest absolute Gasteiger partial charge is 0.389 e. The first-order valence-electron chi connectivity index (χ1n) is 4.26. The van der Waals surface area contributed by atoms with Crippen molar-refractivity contribution in [3.63, 3.8) is 0 Å². The number of carbonyl (C=O) groups excluding carboxylic acids is 1. The zero-order valence-electron chi connectivity index (χ0n) is 8.69. The van der Waals surface area contributed by atoms with Gasteiger partial charge < -0.3 is 10.0 Å². The maximum atomic E-state index is 11.7. The van der Waals surface area contributed by atoms with Crippen LogP contribution in [0.4, 0.5) is 0 Å². The standard InChI is InChI=1S/C8H12ClN3O2S/c1-8(2,14)4-12(3)6(13)5-10-11-7(9)15-5/h14H,4H2,1-3H3. The van der Waals surface area contributed by atoms with E-state index in [4.69, 9.17) is 11.6 Å². The number of amides is 1. The van der Waals surface area contributed by atoms with Gasteiger partial charge in [-0.25, -0.2) is 0 Å². The molecule has 1 aromatic rings. The van der Waals surface area contributed by atoms with Gasteiger partial charge in [-0.1, -0.05) is 11.3 Å². The number of hydrogen-bond acceptors (Lipinski definition) is 5. The van der Waals surface area contributed by atoms with Crippen LogP contribution in [0.15, 0.2) is 0 Å². The SMILES string of the molecule is CN(CC(C)(C)O)C(=O)c1nnc(Cl)s1. The van der Waals surface area contributed by atoms with Crippen LogP contribution < -0.4 is 0 Å². The molecule has 0 aliphatic rings. The van der Waals surface area contributed by atoms with E-state index in [2.05, 4.69) is 10.2 Å². The highest BCUT2D eigenvalue weighted by atomic mass is 35.5. The normalized spacial score (nSPS) is 11.5. The Balaban J connectivity index is 2.69. The Morgan fingerprint density at radius 3 is 2.60 bits per heavy atom. The molecule has 15 heavy (non-hydrogen) atoms. The van der Waals surface area contributed by atoms with Gasteiger partial charge in [0, 0.05) is 13.6 Å². The van der Waals surface area contributed by atoms with Crippen molar-refractivity contribution < 1.29 is 9.90 Å². The highest BCUT2D eigenvalue weighted by molar-refractivity contribution is 7.17. The predicted molar refractivity (Wildman–Crippen MR) is 58.2 cm³/mol. The highest BCUT2D eigenvalue weighted by Gasteiger charge is 2.22. The van der Waals surface area contributed by atoms with Crippen LogP contribution >= 0.6 is 22.9 Å². The van der Waals surface area contributed by atoms with Crippen molar-refractivity contribution in [2.45, 2.75) is 19.4 Å². The van der Waals surface area contributed by atoms with Crippen LogP contribution in [-0.4, -0.2) is 45.3 Å². The third kappa shape index (κ3) is 3.73. The maximum absolute atomic E-state index is 11.7. The van der Waals surface area contributed by atoms with Crippen molar-refractivity contribution in [1.29, 1.82) is 0 Å². The summed E-state index contributed by atoms with van der Waals surface area (Å²) in [5, 5.41) is 16.9. The molecule has 7 heteroatoms. The van der Waals surface area contributed by atoms with Crippen LogP contribution in [-0.2, 0) is 0 Å². The second-order valence-electron chi connectivity index (χ2n) is 3.83. The molecule has 0 atom stereocenters. The Labute approximate surface area is 96.7 Å². The van der Waals surface area contributed by atoms with E-state index in [-0.39, 0.29) is 21.9 Å². The van der Waals surface area contributed by atoms with Gasteiger partial charge in [0.25, 0.3) is 5.91 Å². The zero-order chi connectivity index (χ0) is 11.6. The molecular formula is C8H12ClN3O2S. The lowest BCUT2D eigenvalue weighted by atomic mass is 10.1. The van der Waals surface area contributed by atoms with Crippen LogP contribution in [0, 0.1) is 0 Å². The van der Waals surface area contributed by atoms with Crippen molar-refractivity contribution in [2.24, 2.45) is 0 Å². The summed E-state index contributed by atoms with van der Waals surface area (Å²) in [6.07, 6.45) is 0. The van der Waals surface area contributed by atoms with Crippen LogP contribution in [0.2, 0.25) is 4.47 Å². The third-order valence-corrected chi connectivity index (χ3v) is 2.56. The molecule has 0 aliphatic carbocycles. The summed E-state index contributed by atoms with van der Waals surface area (Å²) < 4.78 is 0.231. The molecule has 0 bridgehead atoms. The van der Waals surface area contributed by atoms with Crippen LogP contribution in [0.5, 0.6) is 0 Å². The van der Waals surface area contributed by atoms with Crippen molar-refractivity contribution in [3.8, 4) is 0 Å². The lowest BCUT2D eigenvalue weighted by molar-refractivity contribution is 0.0367. The topological polar surface area (TPSA) is 66.3 Å². The number of nitrogens with zero attached hydrogens (tertiary/aromatic N) is 3. The Morgan fingerprint density at radius 2 is 2.20 bits per heavy atom. The summed E-state index contributed by atoms with van der Waals surface area (Å²) in [5.74, 6) is -0.290. The maximum Gasteiger partial charge on any atom is 0.284 e. The molecular weight excluding hydrogens is 238 g/mol. The van der Waals surface area contributed by atoms with Crippen LogP contribution in [0.1, 0.15) is 23.6 Å². The highest BCUT2D eigenvalue weighted by Crippen LogP contribution is 2.16. The van der Waals surface area contributed by atoms with E-state index in [1.54, 1.807) is 20.9 Å². The van der Waals surface area contributed by atoms with E-state index in [0.717, 1.165) is 11.3 Å². The van der Waals surface area contributed by atoms with Gasteiger partial charge in [-0.05, 0) is 25.4 Å². The summed E-state index contributed by atoms with van der Waals surface area (Å²) in [6.45, 7) is 3.48. The van der Waals surface area contributed by atoms with E-state index >= 15 is 0 Å². The molecule has 0 spiro atoms. The van der Waals surface area contributed by atoms with E-state index < -0.39 is 5.60 Å². The molecule has 0 saturated heterocycles. The number of rotatable bonds is 3. The Morgan fingerprint density at radius 1 is 1.60 bits per heavy atom. The van der Waals surface area contributed by atoms with Crippen molar-refractivity contribution in [1.82, 2.24) is 15.1 Å². The van der Waals surface area contributed by atoms with Gasteiger partial charge in [-0.2, -0.15) is 0 Å². The Bertz CT molecular complexity index is 361. The zero-order valence-corrected chi connectivity index (χ0v) is 10.3. The molecule has 1 amide bonds. The predicted octanol–water partition coefficient (Wildman–Crippen LogP) is 1.03. The van der Waals surface area contributed by atoms with Gasteiger partial charge >= 0.3 is 0 Å². The first-order chi connectivity index (χ1) is 6.79. The van der Waals surface area contributed by atoms with Crippen LogP contribution in [0.25, 0.3) is 0 Å². The molecule has 0 saturated carbocycles. The molecule has 1 heterocycles. The second-order valence-corrected chi connectivity index (χ2v) is 5.39. The summed E-state index contributed by atoms with van der Waals surface area (Å²) in [5.41, 5.74) is -0.932. The van der Waals surface area contributed by atoms with E-state index in [9.17, 15) is 9.90 Å². The minimum atomic E-state index is -0.932. The van der Waals surface area contributed by atoms with Gasteiger partial charge in [0.2, 0.25) is 9.47 Å². The van der Waals surface area contributed by atoms with E-state index in [0.29, 0.717) is 0 Å². The fourth-order valence-electron chi connectivity index (χ4n) is 1.11. The number of hydrogen-bond donors (Lipinski definition) is 1. The van der Waals surface area contributed by atoms with Crippen molar-refractivity contribution in [3.05, 3.63) is 9.47 Å². The molecule has 1 aromatic heterocycles. The lowest BCUT2D eigenvalue weighted by Crippen LogP contribution is -2.39. The molecule has 0 aliphatic heterocycles. The van der Waals surface area contributed by atoms with Crippen molar-refractivity contribution >= 4 is 28.8 Å². The molecule has 0 radical (unpaired) electrons. The van der Waals surface area contributed by atoms with Gasteiger partial charge in [-0.3, -0.25) is 4.79 Å². The number of aliphatic hydroxyl groups is 1. The van der Waals surface area contributed by atoms with E-state index in [1.807, 2.05) is 0 Å². The van der Waals surface area contributed by atoms with Gasteiger partial charge in [-0.15, -0.1) is 10.2 Å². The van der Waals surface area contributed by atoms with Gasteiger partial charge in [0.1, 0.15) is 0 Å². The molecule has 5 nitrogen and oxygen atoms in total. The number of carbonyl (C=O) groups is 1. The van der Waals surface area contributed by atoms with Gasteiger partial charge in [0.15, 0.2) is 0 Å². The minimum absolute atomic E-state index is 0.225. The summed E-state index contributed by atoms with van der Waals surface area (Å²) >= 11 is 6.59. The van der Waals surface area contributed by atoms with Crippen LogP contribution in [0.3, 0.4) is 0 Å². The molecule has 84 valence electrons. The second kappa shape index (κ2) is 4.42. The van der Waals surface area contributed by atoms with E-state index in [1.165, 1.54) is 4.90 Å². The summed E-state index contributed by atoms with van der Waals surface area (Å²) in [4.78, 5) is 13.1. The monoisotopic (exact) mass is 249 g/mol. The number of likely N-dealkylation sites (N-methyl/N-ethyl adjacent to an activating group) is 1. The summed E-state index contributed by atoms with van der Waals surface area (Å²) in [6, 6.07) is 0. The Kier molecular flexibility index (Phi) is 3.64. The number of halogens is 1. The third-order valence-electron chi connectivity index (χ3n) is 1.55. The first-order valence-corrected chi connectivity index (χ1v) is 5.46. The Hall–Kier alpha value is -0.720. The quantitative estimate of drug-likeness (QED) is 0.869. The molecule has 0 fully saturated rings. The minimum Gasteiger partial charge on any atom is -0.389 e. The fraction of sp³-hybridized carbons (Fsp3) is 0.625. The summed E-state index contributed by atoms with van der Waals surface area (Å²) in [7, 11) is 1.59. The average molecular weight is 250 g/mol. The smallest absolute Gasteiger partial charge is 0.284 e. The molecule has 0 aromatic carbocycles. The number of aromatic nitrogens is 2. The molecule has 1 N–H and O–H groups in total. The van der Waals surface area contributed by atoms with Crippen molar-refractivity contribution in [2.75, 3.05) is 13.6 Å². The average Bonchev–Trinajstić information content (AvgIpc) is 2.47.